The number of aliphatic imine (C=N–C) groups is 1. The molecule has 2 heterocycles. The van der Waals surface area contributed by atoms with Crippen LogP contribution in [-0.2, 0) is 10.2 Å². The molecular formula is C18H21N5O5S. The second-order valence-electron chi connectivity index (χ2n) is 6.46. The zero-order valence-electron chi connectivity index (χ0n) is 16.1. The van der Waals surface area contributed by atoms with Gasteiger partial charge in [-0.3, -0.25) is 9.79 Å². The second kappa shape index (κ2) is 7.95. The van der Waals surface area contributed by atoms with E-state index in [9.17, 15) is 18.3 Å². The number of carbonyl (C=O) groups is 1. The highest BCUT2D eigenvalue weighted by atomic mass is 32.2. The van der Waals surface area contributed by atoms with Crippen molar-refractivity contribution in [2.75, 3.05) is 19.4 Å². The van der Waals surface area contributed by atoms with Crippen molar-refractivity contribution >= 4 is 33.5 Å². The van der Waals surface area contributed by atoms with Gasteiger partial charge in [-0.2, -0.15) is 8.42 Å². The Labute approximate surface area is 168 Å². The van der Waals surface area contributed by atoms with E-state index in [2.05, 4.69) is 19.4 Å². The highest BCUT2D eigenvalue weighted by Gasteiger charge is 2.29. The average Bonchev–Trinajstić information content (AvgIpc) is 3.28. The maximum absolute atomic E-state index is 12.2. The molecule has 0 spiro atoms. The summed E-state index contributed by atoms with van der Waals surface area (Å²) >= 11 is 0. The Morgan fingerprint density at radius 2 is 2.10 bits per heavy atom. The van der Waals surface area contributed by atoms with E-state index in [0.717, 1.165) is 0 Å². The molecule has 0 saturated heterocycles. The summed E-state index contributed by atoms with van der Waals surface area (Å²) in [7, 11) is -0.864. The number of anilines is 1. The van der Waals surface area contributed by atoms with Crippen LogP contribution in [0.1, 0.15) is 35.5 Å². The molecule has 0 aliphatic carbocycles. The van der Waals surface area contributed by atoms with E-state index in [4.69, 9.17) is 4.42 Å². The minimum Gasteiger partial charge on any atom is -0.505 e. The molecule has 1 atom stereocenters. The topological polar surface area (TPSA) is 137 Å². The summed E-state index contributed by atoms with van der Waals surface area (Å²) in [4.78, 5) is 17.9. The minimum atomic E-state index is -3.98. The Morgan fingerprint density at radius 3 is 2.72 bits per heavy atom. The monoisotopic (exact) mass is 419 g/mol. The highest BCUT2D eigenvalue weighted by Crippen LogP contribution is 2.29. The van der Waals surface area contributed by atoms with Crippen LogP contribution >= 0.6 is 0 Å². The number of amidine groups is 2. The minimum absolute atomic E-state index is 0.0167. The molecular weight excluding hydrogens is 398 g/mol. The second-order valence-corrected chi connectivity index (χ2v) is 7.80. The summed E-state index contributed by atoms with van der Waals surface area (Å²) in [5.74, 6) is -0.262. The fourth-order valence-electron chi connectivity index (χ4n) is 2.70. The summed E-state index contributed by atoms with van der Waals surface area (Å²) in [5.41, 5.74) is 0.184. The van der Waals surface area contributed by atoms with Gasteiger partial charge in [-0.1, -0.05) is 13.0 Å². The fourth-order valence-corrected chi connectivity index (χ4v) is 3.52. The van der Waals surface area contributed by atoms with Gasteiger partial charge in [0.25, 0.3) is 5.91 Å². The van der Waals surface area contributed by atoms with E-state index >= 15 is 0 Å². The van der Waals surface area contributed by atoms with Gasteiger partial charge in [0.1, 0.15) is 11.8 Å². The number of hydrogen-bond acceptors (Lipinski definition) is 7. The van der Waals surface area contributed by atoms with Crippen LogP contribution in [0.15, 0.2) is 50.4 Å². The van der Waals surface area contributed by atoms with Crippen molar-refractivity contribution < 1.29 is 22.7 Å². The molecule has 29 heavy (non-hydrogen) atoms. The zero-order valence-corrected chi connectivity index (χ0v) is 16.9. The summed E-state index contributed by atoms with van der Waals surface area (Å²) in [5, 5.41) is 13.2. The van der Waals surface area contributed by atoms with Crippen molar-refractivity contribution in [1.82, 2.24) is 9.62 Å². The van der Waals surface area contributed by atoms with Gasteiger partial charge in [-0.05, 0) is 30.7 Å². The molecule has 2 aromatic rings. The number of nitrogens with zero attached hydrogens (tertiary/aromatic N) is 3. The molecule has 1 aromatic carbocycles. The number of phenols is 1. The van der Waals surface area contributed by atoms with Gasteiger partial charge in [0, 0.05) is 14.1 Å². The Hall–Kier alpha value is -3.34. The van der Waals surface area contributed by atoms with Gasteiger partial charge in [0.05, 0.1) is 17.5 Å². The molecule has 1 aliphatic rings. The Balaban J connectivity index is 1.96. The smallest absolute Gasteiger partial charge is 0.345 e. The van der Waals surface area contributed by atoms with Crippen molar-refractivity contribution in [3.05, 3.63) is 47.9 Å². The van der Waals surface area contributed by atoms with Crippen LogP contribution < -0.4 is 10.0 Å². The summed E-state index contributed by atoms with van der Waals surface area (Å²) in [6, 6.07) is 7.56. The van der Waals surface area contributed by atoms with E-state index < -0.39 is 22.2 Å². The zero-order chi connectivity index (χ0) is 21.2. The maximum atomic E-state index is 12.2. The van der Waals surface area contributed by atoms with Gasteiger partial charge in [-0.15, -0.1) is 4.40 Å². The molecule has 0 unspecified atom stereocenters. The predicted octanol–water partition coefficient (Wildman–Crippen LogP) is 1.90. The SMILES string of the molecule is CC[C@@H](N=C1NS(=O)(=O)N=C1Nc1cccc(C(=O)N(C)C)c1O)c1ccco1. The molecule has 11 heteroatoms. The van der Waals surface area contributed by atoms with Crippen LogP contribution in [0.3, 0.4) is 0 Å². The van der Waals surface area contributed by atoms with Crippen LogP contribution in [0.2, 0.25) is 0 Å². The fraction of sp³-hybridized carbons (Fsp3) is 0.278. The number of hydrogen-bond donors (Lipinski definition) is 3. The standard InChI is InChI=1S/C18H21N5O5S/c1-4-12(14-9-6-10-28-14)19-16-17(22-29(26,27)21-16)20-13-8-5-7-11(15(13)24)18(25)23(2)3/h5-10,12,24H,4H2,1-3H3,(H,19,21)(H,20,22)/t12-/m1/s1. The van der Waals surface area contributed by atoms with Crippen molar-refractivity contribution in [3.8, 4) is 5.75 Å². The molecule has 0 saturated carbocycles. The van der Waals surface area contributed by atoms with Crippen molar-refractivity contribution in [2.45, 2.75) is 19.4 Å². The lowest BCUT2D eigenvalue weighted by atomic mass is 10.1. The van der Waals surface area contributed by atoms with Crippen molar-refractivity contribution in [1.29, 1.82) is 0 Å². The van der Waals surface area contributed by atoms with E-state index in [1.165, 1.54) is 23.3 Å². The Morgan fingerprint density at radius 1 is 1.34 bits per heavy atom. The Kier molecular flexibility index (Phi) is 5.59. The molecule has 154 valence electrons. The number of para-hydroxylation sites is 1. The van der Waals surface area contributed by atoms with Gasteiger partial charge in [0.2, 0.25) is 0 Å². The van der Waals surface area contributed by atoms with Crippen LogP contribution in [-0.4, -0.2) is 50.1 Å². The van der Waals surface area contributed by atoms with Gasteiger partial charge in [-0.25, -0.2) is 4.72 Å². The lowest BCUT2D eigenvalue weighted by Crippen LogP contribution is -2.31. The molecule has 1 amide bonds. The number of aromatic hydroxyl groups is 1. The molecule has 3 rings (SSSR count). The number of rotatable bonds is 5. The first kappa shape index (κ1) is 20.4. The van der Waals surface area contributed by atoms with Crippen LogP contribution in [0.4, 0.5) is 5.69 Å². The number of furan rings is 1. The predicted molar refractivity (Wildman–Crippen MR) is 108 cm³/mol. The molecule has 0 radical (unpaired) electrons. The third-order valence-corrected chi connectivity index (χ3v) is 5.00. The molecule has 3 N–H and O–H groups in total. The van der Waals surface area contributed by atoms with E-state index in [1.807, 2.05) is 6.92 Å². The van der Waals surface area contributed by atoms with Crippen LogP contribution in [0.5, 0.6) is 5.75 Å². The molecule has 0 fully saturated rings. The highest BCUT2D eigenvalue weighted by molar-refractivity contribution is 7.89. The maximum Gasteiger partial charge on any atom is 0.345 e. The largest absolute Gasteiger partial charge is 0.505 e. The average molecular weight is 419 g/mol. The number of carbonyl (C=O) groups excluding carboxylic acids is 1. The van der Waals surface area contributed by atoms with E-state index in [-0.39, 0.29) is 28.7 Å². The summed E-state index contributed by atoms with van der Waals surface area (Å²) in [6.45, 7) is 1.88. The summed E-state index contributed by atoms with van der Waals surface area (Å²) < 4.78 is 35.2. The van der Waals surface area contributed by atoms with E-state index in [1.54, 1.807) is 32.3 Å². The first-order valence-electron chi connectivity index (χ1n) is 8.76. The molecule has 10 nitrogen and oxygen atoms in total. The first-order valence-corrected chi connectivity index (χ1v) is 10.2. The number of nitrogens with one attached hydrogen (secondary N) is 2. The quantitative estimate of drug-likeness (QED) is 0.633. The van der Waals surface area contributed by atoms with E-state index in [0.29, 0.717) is 12.2 Å². The normalized spacial score (nSPS) is 17.5. The number of benzene rings is 1. The van der Waals surface area contributed by atoms with Crippen LogP contribution in [0.25, 0.3) is 0 Å². The molecule has 1 aromatic heterocycles. The Bertz CT molecular complexity index is 1070. The number of phenolic OH excluding ortho intramolecular Hbond substituents is 1. The first-order chi connectivity index (χ1) is 13.7. The van der Waals surface area contributed by atoms with Gasteiger partial charge >= 0.3 is 10.2 Å². The van der Waals surface area contributed by atoms with Gasteiger partial charge < -0.3 is 19.7 Å². The van der Waals surface area contributed by atoms with Crippen molar-refractivity contribution in [3.63, 3.8) is 0 Å². The van der Waals surface area contributed by atoms with Crippen molar-refractivity contribution in [2.24, 2.45) is 9.39 Å². The number of amides is 1. The lowest BCUT2D eigenvalue weighted by molar-refractivity contribution is 0.0824. The van der Waals surface area contributed by atoms with Crippen LogP contribution in [0, 0.1) is 0 Å². The third kappa shape index (κ3) is 4.40. The summed E-state index contributed by atoms with van der Waals surface area (Å²) in [6.07, 6.45) is 2.07. The molecule has 1 aliphatic heterocycles. The van der Waals surface area contributed by atoms with Gasteiger partial charge in [0.15, 0.2) is 17.4 Å². The molecule has 0 bridgehead atoms. The third-order valence-electron chi connectivity index (χ3n) is 4.13. The lowest BCUT2D eigenvalue weighted by Gasteiger charge is -2.15.